The van der Waals surface area contributed by atoms with Crippen LogP contribution in [0.5, 0.6) is 0 Å². The Bertz CT molecular complexity index is 154. The Balaban J connectivity index is 3.92. The van der Waals surface area contributed by atoms with Crippen molar-refractivity contribution in [3.63, 3.8) is 0 Å². The van der Waals surface area contributed by atoms with E-state index in [4.69, 9.17) is 5.84 Å². The summed E-state index contributed by atoms with van der Waals surface area (Å²) in [5.74, 6) is 6.00. The third kappa shape index (κ3) is 6.17. The van der Waals surface area contributed by atoms with Crippen molar-refractivity contribution >= 4 is 0 Å². The van der Waals surface area contributed by atoms with E-state index in [1.54, 1.807) is 0 Å². The van der Waals surface area contributed by atoms with E-state index in [2.05, 4.69) is 27.4 Å². The van der Waals surface area contributed by atoms with Gasteiger partial charge in [-0.25, -0.2) is 5.01 Å². The first-order chi connectivity index (χ1) is 6.61. The summed E-state index contributed by atoms with van der Waals surface area (Å²) in [5, 5.41) is 2.01. The second-order valence-corrected chi connectivity index (χ2v) is 4.18. The summed E-state index contributed by atoms with van der Waals surface area (Å²) in [6.45, 7) is 11.4. The van der Waals surface area contributed by atoms with Crippen LogP contribution in [0.1, 0.15) is 52.9 Å². The molecule has 2 heteroatoms. The molecule has 0 fully saturated rings. The molecule has 0 aliphatic carbocycles. The standard InChI is InChI=1S/C12H26N2/c1-5-7-12(9-8-11(3)4)14(13)10-6-2/h12H,3,5-10,13H2,1-2,4H3. The van der Waals surface area contributed by atoms with E-state index < -0.39 is 0 Å². The number of nitrogens with zero attached hydrogens (tertiary/aromatic N) is 1. The molecular weight excluding hydrogens is 172 g/mol. The van der Waals surface area contributed by atoms with Gasteiger partial charge in [0.15, 0.2) is 0 Å². The minimum Gasteiger partial charge on any atom is -0.269 e. The fraction of sp³-hybridized carbons (Fsp3) is 0.833. The molecule has 0 saturated heterocycles. The average molecular weight is 198 g/mol. The Morgan fingerprint density at radius 3 is 2.36 bits per heavy atom. The number of allylic oxidation sites excluding steroid dienone is 1. The van der Waals surface area contributed by atoms with Crippen molar-refractivity contribution < 1.29 is 0 Å². The summed E-state index contributed by atoms with van der Waals surface area (Å²) >= 11 is 0. The number of hydrogen-bond acceptors (Lipinski definition) is 2. The molecule has 2 N–H and O–H groups in total. The maximum absolute atomic E-state index is 6.00. The third-order valence-corrected chi connectivity index (χ3v) is 2.48. The smallest absolute Gasteiger partial charge is 0.0244 e. The topological polar surface area (TPSA) is 29.3 Å². The van der Waals surface area contributed by atoms with Crippen LogP contribution in [0.3, 0.4) is 0 Å². The van der Waals surface area contributed by atoms with E-state index in [1.165, 1.54) is 18.4 Å². The van der Waals surface area contributed by atoms with Crippen molar-refractivity contribution in [1.29, 1.82) is 0 Å². The molecule has 0 aromatic heterocycles. The van der Waals surface area contributed by atoms with Gasteiger partial charge in [0, 0.05) is 12.6 Å². The van der Waals surface area contributed by atoms with Crippen molar-refractivity contribution in [3.05, 3.63) is 12.2 Å². The Morgan fingerprint density at radius 1 is 1.29 bits per heavy atom. The van der Waals surface area contributed by atoms with E-state index in [1.807, 2.05) is 5.01 Å². The van der Waals surface area contributed by atoms with E-state index >= 15 is 0 Å². The van der Waals surface area contributed by atoms with Crippen LogP contribution in [0.4, 0.5) is 0 Å². The van der Waals surface area contributed by atoms with Crippen LogP contribution < -0.4 is 5.84 Å². The molecule has 0 saturated carbocycles. The summed E-state index contributed by atoms with van der Waals surface area (Å²) in [4.78, 5) is 0. The first kappa shape index (κ1) is 13.7. The van der Waals surface area contributed by atoms with Gasteiger partial charge in [-0.3, -0.25) is 5.84 Å². The predicted octanol–water partition coefficient (Wildman–Crippen LogP) is 3.10. The fourth-order valence-electron chi connectivity index (χ4n) is 1.66. The molecule has 14 heavy (non-hydrogen) atoms. The lowest BCUT2D eigenvalue weighted by Gasteiger charge is -2.27. The van der Waals surface area contributed by atoms with Crippen LogP contribution in [0, 0.1) is 0 Å². The van der Waals surface area contributed by atoms with Gasteiger partial charge < -0.3 is 0 Å². The lowest BCUT2D eigenvalue weighted by Crippen LogP contribution is -2.41. The Kier molecular flexibility index (Phi) is 7.81. The van der Waals surface area contributed by atoms with E-state index in [0.717, 1.165) is 25.8 Å². The molecule has 0 aromatic rings. The first-order valence-electron chi connectivity index (χ1n) is 5.77. The van der Waals surface area contributed by atoms with E-state index in [0.29, 0.717) is 6.04 Å². The van der Waals surface area contributed by atoms with Crippen molar-refractivity contribution in [3.8, 4) is 0 Å². The van der Waals surface area contributed by atoms with Gasteiger partial charge in [-0.2, -0.15) is 0 Å². The highest BCUT2D eigenvalue weighted by Crippen LogP contribution is 2.13. The highest BCUT2D eigenvalue weighted by Gasteiger charge is 2.12. The van der Waals surface area contributed by atoms with Gasteiger partial charge in [-0.05, 0) is 32.6 Å². The molecular formula is C12H26N2. The van der Waals surface area contributed by atoms with E-state index in [9.17, 15) is 0 Å². The van der Waals surface area contributed by atoms with Gasteiger partial charge in [-0.15, -0.1) is 6.58 Å². The lowest BCUT2D eigenvalue weighted by molar-refractivity contribution is 0.180. The summed E-state index contributed by atoms with van der Waals surface area (Å²) in [7, 11) is 0. The minimum atomic E-state index is 0.539. The SMILES string of the molecule is C=C(C)CCC(CCC)N(N)CCC. The van der Waals surface area contributed by atoms with Crippen molar-refractivity contribution in [2.24, 2.45) is 5.84 Å². The monoisotopic (exact) mass is 198 g/mol. The third-order valence-electron chi connectivity index (χ3n) is 2.48. The summed E-state index contributed by atoms with van der Waals surface area (Å²) in [6, 6.07) is 0.539. The van der Waals surface area contributed by atoms with Crippen molar-refractivity contribution in [2.75, 3.05) is 6.54 Å². The minimum absolute atomic E-state index is 0.539. The normalized spacial score (nSPS) is 13.2. The Morgan fingerprint density at radius 2 is 1.93 bits per heavy atom. The highest BCUT2D eigenvalue weighted by molar-refractivity contribution is 4.89. The molecule has 1 atom stereocenters. The second kappa shape index (κ2) is 8.01. The van der Waals surface area contributed by atoms with Gasteiger partial charge in [0.1, 0.15) is 0 Å². The fourth-order valence-corrected chi connectivity index (χ4v) is 1.66. The molecule has 2 nitrogen and oxygen atoms in total. The van der Waals surface area contributed by atoms with Gasteiger partial charge in [0.25, 0.3) is 0 Å². The van der Waals surface area contributed by atoms with Crippen molar-refractivity contribution in [1.82, 2.24) is 5.01 Å². The molecule has 0 radical (unpaired) electrons. The molecule has 0 spiro atoms. The molecule has 0 bridgehead atoms. The largest absolute Gasteiger partial charge is 0.269 e. The Labute approximate surface area is 89.1 Å². The maximum atomic E-state index is 6.00. The predicted molar refractivity (Wildman–Crippen MR) is 63.9 cm³/mol. The molecule has 0 amide bonds. The van der Waals surface area contributed by atoms with Crippen LogP contribution in [0.15, 0.2) is 12.2 Å². The van der Waals surface area contributed by atoms with Gasteiger partial charge in [0.2, 0.25) is 0 Å². The van der Waals surface area contributed by atoms with Crippen LogP contribution in [-0.2, 0) is 0 Å². The second-order valence-electron chi connectivity index (χ2n) is 4.18. The molecule has 0 aliphatic heterocycles. The molecule has 0 heterocycles. The molecule has 0 rings (SSSR count). The molecule has 0 aliphatic rings. The van der Waals surface area contributed by atoms with Crippen molar-refractivity contribution in [2.45, 2.75) is 58.9 Å². The number of hydrazine groups is 1. The quantitative estimate of drug-likeness (QED) is 0.369. The summed E-state index contributed by atoms with van der Waals surface area (Å²) in [6.07, 6.45) is 5.79. The number of nitrogens with two attached hydrogens (primary N) is 1. The zero-order chi connectivity index (χ0) is 11.0. The van der Waals surface area contributed by atoms with Crippen LogP contribution in [-0.4, -0.2) is 17.6 Å². The molecule has 1 unspecified atom stereocenters. The van der Waals surface area contributed by atoms with Crippen LogP contribution >= 0.6 is 0 Å². The number of rotatable bonds is 8. The number of hydrogen-bond donors (Lipinski definition) is 1. The van der Waals surface area contributed by atoms with Gasteiger partial charge >= 0.3 is 0 Å². The summed E-state index contributed by atoms with van der Waals surface area (Å²) < 4.78 is 0. The van der Waals surface area contributed by atoms with Gasteiger partial charge in [-0.1, -0.05) is 25.8 Å². The zero-order valence-corrected chi connectivity index (χ0v) is 10.1. The van der Waals surface area contributed by atoms with E-state index in [-0.39, 0.29) is 0 Å². The molecule has 84 valence electrons. The first-order valence-corrected chi connectivity index (χ1v) is 5.77. The highest BCUT2D eigenvalue weighted by atomic mass is 15.4. The van der Waals surface area contributed by atoms with Gasteiger partial charge in [0.05, 0.1) is 0 Å². The summed E-state index contributed by atoms with van der Waals surface area (Å²) in [5.41, 5.74) is 1.26. The Hall–Kier alpha value is -0.340. The maximum Gasteiger partial charge on any atom is 0.0244 e. The lowest BCUT2D eigenvalue weighted by atomic mass is 10.0. The van der Waals surface area contributed by atoms with Crippen LogP contribution in [0.25, 0.3) is 0 Å². The molecule has 0 aromatic carbocycles. The van der Waals surface area contributed by atoms with Crippen LogP contribution in [0.2, 0.25) is 0 Å². The average Bonchev–Trinajstić information content (AvgIpc) is 2.12. The zero-order valence-electron chi connectivity index (χ0n) is 10.1.